The molecule has 0 aromatic rings. The summed E-state index contributed by atoms with van der Waals surface area (Å²) < 4.78 is 33.9. The molecule has 0 aromatic heterocycles. The molecule has 0 aromatic carbocycles. The molecule has 8 nitrogen and oxygen atoms in total. The van der Waals surface area contributed by atoms with Crippen LogP contribution < -0.4 is 0 Å². The first-order chi connectivity index (χ1) is 11.1. The highest BCUT2D eigenvalue weighted by Crippen LogP contribution is 2.34. The van der Waals surface area contributed by atoms with Gasteiger partial charge in [0, 0.05) is 27.7 Å². The predicted molar refractivity (Wildman–Crippen MR) is 79.6 cm³/mol. The Kier molecular flexibility index (Phi) is 7.61. The Morgan fingerprint density at radius 2 is 1.33 bits per heavy atom. The van der Waals surface area contributed by atoms with Gasteiger partial charge >= 0.3 is 17.9 Å². The molecule has 0 amide bonds. The minimum atomic E-state index is -1.32. The summed E-state index contributed by atoms with van der Waals surface area (Å²) in [7, 11) is 0. The summed E-state index contributed by atoms with van der Waals surface area (Å²) in [5.41, 5.74) is -1.11. The summed E-state index contributed by atoms with van der Waals surface area (Å²) in [4.78, 5) is 45.4. The summed E-state index contributed by atoms with van der Waals surface area (Å²) >= 11 is 0.660. The van der Waals surface area contributed by atoms with Crippen molar-refractivity contribution >= 4 is 34.8 Å². The highest BCUT2D eigenvalue weighted by Gasteiger charge is 2.52. The van der Waals surface area contributed by atoms with Crippen LogP contribution in [0.2, 0.25) is 0 Å². The standard InChI is InChI=1S/C14H19FO8S/c1-6(16)20-11-10(5-15)23-14(24-9(4)19)13(22-8(3)18)12(11)21-7(2)17/h10-14H,5H2,1-4H3/t10-,11-,12+,13-,14+/m1/s1. The molecule has 0 aliphatic carbocycles. The lowest BCUT2D eigenvalue weighted by molar-refractivity contribution is -0.233. The highest BCUT2D eigenvalue weighted by molar-refractivity contribution is 8.14. The van der Waals surface area contributed by atoms with Crippen molar-refractivity contribution in [2.75, 3.05) is 6.67 Å². The molecule has 10 heteroatoms. The number of esters is 3. The van der Waals surface area contributed by atoms with E-state index in [9.17, 15) is 23.6 Å². The smallest absolute Gasteiger partial charge is 0.303 e. The first-order valence-electron chi connectivity index (χ1n) is 7.06. The van der Waals surface area contributed by atoms with Crippen LogP contribution in [0.4, 0.5) is 4.39 Å². The first-order valence-corrected chi connectivity index (χ1v) is 7.94. The minimum Gasteiger partial charge on any atom is -0.456 e. The number of rotatable bonds is 5. The molecular weight excluding hydrogens is 347 g/mol. The van der Waals surface area contributed by atoms with E-state index in [1.807, 2.05) is 0 Å². The highest BCUT2D eigenvalue weighted by atomic mass is 32.2. The molecule has 0 bridgehead atoms. The fraction of sp³-hybridized carbons (Fsp3) is 0.714. The Morgan fingerprint density at radius 3 is 1.75 bits per heavy atom. The van der Waals surface area contributed by atoms with Crippen molar-refractivity contribution < 1.29 is 42.5 Å². The average Bonchev–Trinajstić information content (AvgIpc) is 2.42. The van der Waals surface area contributed by atoms with E-state index in [4.69, 9.17) is 18.9 Å². The zero-order valence-electron chi connectivity index (χ0n) is 13.6. The molecule has 1 rings (SSSR count). The normalized spacial score (nSPS) is 29.5. The Balaban J connectivity index is 3.23. The summed E-state index contributed by atoms with van der Waals surface area (Å²) in [5, 5.41) is -0.373. The SMILES string of the molecule is CC(=O)O[C@@H]1[C@@H](OC(C)=O)[C@H](SC(C)=O)O[C@H](CF)[C@H]1OC(C)=O. The number of carbonyl (C=O) groups excluding carboxylic acids is 4. The maximum absolute atomic E-state index is 13.3. The number of halogens is 1. The van der Waals surface area contributed by atoms with E-state index >= 15 is 0 Å². The molecule has 1 heterocycles. The number of hydrogen-bond donors (Lipinski definition) is 0. The fourth-order valence-corrected chi connectivity index (χ4v) is 3.11. The molecule has 1 aliphatic heterocycles. The van der Waals surface area contributed by atoms with Crippen LogP contribution in [0.3, 0.4) is 0 Å². The molecule has 136 valence electrons. The summed E-state index contributed by atoms with van der Waals surface area (Å²) in [5.74, 6) is -2.23. The molecule has 24 heavy (non-hydrogen) atoms. The van der Waals surface area contributed by atoms with Crippen LogP contribution in [0.5, 0.6) is 0 Å². The van der Waals surface area contributed by atoms with Gasteiger partial charge in [-0.25, -0.2) is 4.39 Å². The van der Waals surface area contributed by atoms with Crippen LogP contribution in [0.15, 0.2) is 0 Å². The van der Waals surface area contributed by atoms with Gasteiger partial charge in [-0.1, -0.05) is 11.8 Å². The van der Waals surface area contributed by atoms with E-state index in [-0.39, 0.29) is 5.12 Å². The Morgan fingerprint density at radius 1 is 0.875 bits per heavy atom. The van der Waals surface area contributed by atoms with E-state index in [1.54, 1.807) is 0 Å². The van der Waals surface area contributed by atoms with Crippen molar-refractivity contribution in [2.24, 2.45) is 0 Å². The number of thioether (sulfide) groups is 1. The van der Waals surface area contributed by atoms with Crippen molar-refractivity contribution in [3.05, 3.63) is 0 Å². The van der Waals surface area contributed by atoms with Gasteiger partial charge in [0.25, 0.3) is 0 Å². The van der Waals surface area contributed by atoms with Crippen LogP contribution in [-0.2, 0) is 38.1 Å². The third kappa shape index (κ3) is 5.75. The van der Waals surface area contributed by atoms with E-state index in [0.29, 0.717) is 11.8 Å². The van der Waals surface area contributed by atoms with Crippen LogP contribution in [-0.4, -0.2) is 59.5 Å². The Labute approximate surface area is 142 Å². The Bertz CT molecular complexity index is 511. The van der Waals surface area contributed by atoms with Gasteiger partial charge in [0.1, 0.15) is 12.8 Å². The van der Waals surface area contributed by atoms with Gasteiger partial charge in [0.05, 0.1) is 0 Å². The van der Waals surface area contributed by atoms with Crippen molar-refractivity contribution in [1.29, 1.82) is 0 Å². The van der Waals surface area contributed by atoms with Crippen LogP contribution in [0.25, 0.3) is 0 Å². The van der Waals surface area contributed by atoms with Gasteiger partial charge < -0.3 is 18.9 Å². The number of hydrogen-bond acceptors (Lipinski definition) is 9. The van der Waals surface area contributed by atoms with E-state index < -0.39 is 54.4 Å². The van der Waals surface area contributed by atoms with E-state index in [0.717, 1.165) is 20.8 Å². The average molecular weight is 366 g/mol. The number of carbonyl (C=O) groups is 4. The Hall–Kier alpha value is -1.68. The molecule has 1 aliphatic rings. The predicted octanol–water partition coefficient (Wildman–Crippen LogP) is 0.756. The van der Waals surface area contributed by atoms with Gasteiger partial charge in [-0.15, -0.1) is 0 Å². The van der Waals surface area contributed by atoms with Gasteiger partial charge in [-0.2, -0.15) is 0 Å². The molecular formula is C14H19FO8S. The van der Waals surface area contributed by atoms with Gasteiger partial charge in [-0.05, 0) is 0 Å². The van der Waals surface area contributed by atoms with E-state index in [2.05, 4.69) is 0 Å². The molecule has 0 N–H and O–H groups in total. The van der Waals surface area contributed by atoms with Crippen molar-refractivity contribution in [3.63, 3.8) is 0 Å². The molecule has 1 fully saturated rings. The van der Waals surface area contributed by atoms with Gasteiger partial charge in [-0.3, -0.25) is 19.2 Å². The second-order valence-electron chi connectivity index (χ2n) is 5.03. The first kappa shape index (κ1) is 20.4. The molecule has 5 atom stereocenters. The molecule has 0 radical (unpaired) electrons. The summed E-state index contributed by atoms with van der Waals surface area (Å²) in [6.07, 6.45) is -5.14. The topological polar surface area (TPSA) is 105 Å². The maximum atomic E-state index is 13.3. The lowest BCUT2D eigenvalue weighted by atomic mass is 9.99. The molecule has 1 saturated heterocycles. The number of alkyl halides is 1. The van der Waals surface area contributed by atoms with Gasteiger partial charge in [0.15, 0.2) is 28.9 Å². The third-order valence-corrected chi connectivity index (χ3v) is 3.88. The minimum absolute atomic E-state index is 0.373. The molecule has 0 spiro atoms. The largest absolute Gasteiger partial charge is 0.456 e. The maximum Gasteiger partial charge on any atom is 0.303 e. The van der Waals surface area contributed by atoms with E-state index in [1.165, 1.54) is 6.92 Å². The molecule has 0 unspecified atom stereocenters. The second kappa shape index (κ2) is 8.97. The van der Waals surface area contributed by atoms with Crippen LogP contribution in [0.1, 0.15) is 27.7 Å². The van der Waals surface area contributed by atoms with Crippen molar-refractivity contribution in [2.45, 2.75) is 57.5 Å². The molecule has 0 saturated carbocycles. The third-order valence-electron chi connectivity index (χ3n) is 2.93. The lowest BCUT2D eigenvalue weighted by Crippen LogP contribution is -2.61. The van der Waals surface area contributed by atoms with Crippen molar-refractivity contribution in [3.8, 4) is 0 Å². The van der Waals surface area contributed by atoms with Crippen LogP contribution >= 0.6 is 11.8 Å². The summed E-state index contributed by atoms with van der Waals surface area (Å²) in [6, 6.07) is 0. The summed E-state index contributed by atoms with van der Waals surface area (Å²) in [6.45, 7) is 3.50. The van der Waals surface area contributed by atoms with Crippen LogP contribution in [0, 0.1) is 0 Å². The zero-order chi connectivity index (χ0) is 18.4. The monoisotopic (exact) mass is 366 g/mol. The second-order valence-corrected chi connectivity index (χ2v) is 6.30. The number of ether oxygens (including phenoxy) is 4. The fourth-order valence-electron chi connectivity index (χ4n) is 2.24. The lowest BCUT2D eigenvalue weighted by Gasteiger charge is -2.43. The quantitative estimate of drug-likeness (QED) is 0.515. The van der Waals surface area contributed by atoms with Crippen molar-refractivity contribution in [1.82, 2.24) is 0 Å². The van der Waals surface area contributed by atoms with Gasteiger partial charge in [0.2, 0.25) is 0 Å². The zero-order valence-corrected chi connectivity index (χ0v) is 14.5.